The third-order valence-corrected chi connectivity index (χ3v) is 4.77. The molecular formula is C20H20N6O2. The van der Waals surface area contributed by atoms with Crippen LogP contribution in [0, 0.1) is 5.92 Å². The normalized spacial score (nSPS) is 13.2. The molecule has 0 bridgehead atoms. The highest BCUT2D eigenvalue weighted by atomic mass is 16.2. The molecule has 8 heteroatoms. The highest BCUT2D eigenvalue weighted by Gasteiger charge is 2.33. The Hall–Kier alpha value is -3.55. The van der Waals surface area contributed by atoms with Crippen LogP contribution in [0.1, 0.15) is 23.2 Å². The summed E-state index contributed by atoms with van der Waals surface area (Å²) in [6, 6.07) is 14.4. The Morgan fingerprint density at radius 2 is 1.93 bits per heavy atom. The number of rotatable bonds is 5. The van der Waals surface area contributed by atoms with Gasteiger partial charge in [0.15, 0.2) is 5.82 Å². The summed E-state index contributed by atoms with van der Waals surface area (Å²) in [5.41, 5.74) is 2.46. The number of aryl methyl sites for hydroxylation is 1. The largest absolute Gasteiger partial charge is 0.322 e. The summed E-state index contributed by atoms with van der Waals surface area (Å²) >= 11 is 0. The van der Waals surface area contributed by atoms with Crippen LogP contribution in [0.15, 0.2) is 48.5 Å². The molecule has 0 aliphatic heterocycles. The van der Waals surface area contributed by atoms with Crippen molar-refractivity contribution in [1.29, 1.82) is 0 Å². The molecule has 1 N–H and O–H groups in total. The third-order valence-electron chi connectivity index (χ3n) is 4.77. The van der Waals surface area contributed by atoms with Crippen LogP contribution in [0.4, 0.5) is 11.4 Å². The molecular weight excluding hydrogens is 356 g/mol. The Balaban J connectivity index is 1.58. The Morgan fingerprint density at radius 3 is 2.64 bits per heavy atom. The fourth-order valence-electron chi connectivity index (χ4n) is 3.09. The zero-order valence-corrected chi connectivity index (χ0v) is 15.7. The average Bonchev–Trinajstić information content (AvgIpc) is 3.47. The van der Waals surface area contributed by atoms with E-state index in [2.05, 4.69) is 20.8 Å². The fraction of sp³-hybridized carbons (Fsp3) is 0.250. The number of para-hydroxylation sites is 1. The lowest BCUT2D eigenvalue weighted by molar-refractivity contribution is -0.119. The third kappa shape index (κ3) is 3.48. The van der Waals surface area contributed by atoms with Gasteiger partial charge in [-0.2, -0.15) is 0 Å². The van der Waals surface area contributed by atoms with Crippen molar-refractivity contribution in [2.45, 2.75) is 12.8 Å². The van der Waals surface area contributed by atoms with E-state index in [1.54, 1.807) is 47.9 Å². The van der Waals surface area contributed by atoms with Gasteiger partial charge in [0.05, 0.1) is 11.3 Å². The maximum atomic E-state index is 12.9. The molecule has 2 aromatic carbocycles. The molecule has 1 saturated carbocycles. The van der Waals surface area contributed by atoms with Crippen LogP contribution in [0.5, 0.6) is 0 Å². The van der Waals surface area contributed by atoms with Crippen molar-refractivity contribution < 1.29 is 9.59 Å². The Labute approximate surface area is 162 Å². The average molecular weight is 376 g/mol. The van der Waals surface area contributed by atoms with E-state index in [1.807, 2.05) is 24.3 Å². The number of hydrogen-bond acceptors (Lipinski definition) is 5. The van der Waals surface area contributed by atoms with Gasteiger partial charge >= 0.3 is 0 Å². The minimum Gasteiger partial charge on any atom is -0.322 e. The van der Waals surface area contributed by atoms with Gasteiger partial charge in [-0.05, 0) is 47.5 Å². The van der Waals surface area contributed by atoms with Gasteiger partial charge in [-0.25, -0.2) is 4.68 Å². The summed E-state index contributed by atoms with van der Waals surface area (Å²) in [6.07, 6.45) is 1.84. The van der Waals surface area contributed by atoms with Crippen LogP contribution in [0.25, 0.3) is 11.4 Å². The number of benzene rings is 2. The number of hydrogen-bond donors (Lipinski definition) is 1. The smallest absolute Gasteiger partial charge is 0.257 e. The zero-order valence-electron chi connectivity index (χ0n) is 15.7. The van der Waals surface area contributed by atoms with E-state index in [0.29, 0.717) is 22.8 Å². The quantitative estimate of drug-likeness (QED) is 0.738. The minimum absolute atomic E-state index is 0.0528. The van der Waals surface area contributed by atoms with Gasteiger partial charge in [0.2, 0.25) is 5.91 Å². The second-order valence-corrected chi connectivity index (χ2v) is 6.85. The first-order valence-electron chi connectivity index (χ1n) is 9.05. The van der Waals surface area contributed by atoms with Crippen LogP contribution in [0.2, 0.25) is 0 Å². The first-order chi connectivity index (χ1) is 13.5. The summed E-state index contributed by atoms with van der Waals surface area (Å²) in [5, 5.41) is 14.4. The van der Waals surface area contributed by atoms with Crippen molar-refractivity contribution >= 4 is 23.2 Å². The first kappa shape index (κ1) is 17.8. The van der Waals surface area contributed by atoms with Crippen LogP contribution in [0.3, 0.4) is 0 Å². The number of amides is 2. The Morgan fingerprint density at radius 1 is 1.14 bits per heavy atom. The Bertz CT molecular complexity index is 1040. The highest BCUT2D eigenvalue weighted by Crippen LogP contribution is 2.33. The molecule has 4 rings (SSSR count). The maximum absolute atomic E-state index is 12.9. The predicted octanol–water partition coefficient (Wildman–Crippen LogP) is 2.50. The highest BCUT2D eigenvalue weighted by molar-refractivity contribution is 6.11. The van der Waals surface area contributed by atoms with Gasteiger partial charge in [0.1, 0.15) is 0 Å². The molecule has 1 aromatic heterocycles. The van der Waals surface area contributed by atoms with Crippen LogP contribution in [-0.2, 0) is 11.8 Å². The molecule has 2 amide bonds. The summed E-state index contributed by atoms with van der Waals surface area (Å²) < 4.78 is 1.56. The molecule has 0 radical (unpaired) electrons. The summed E-state index contributed by atoms with van der Waals surface area (Å²) in [6.45, 7) is 0. The molecule has 0 spiro atoms. The van der Waals surface area contributed by atoms with Crippen molar-refractivity contribution in [2.75, 3.05) is 17.3 Å². The molecule has 0 unspecified atom stereocenters. The van der Waals surface area contributed by atoms with Crippen molar-refractivity contribution in [1.82, 2.24) is 20.2 Å². The number of anilines is 2. The van der Waals surface area contributed by atoms with Crippen molar-refractivity contribution in [3.8, 4) is 11.4 Å². The number of nitrogens with zero attached hydrogens (tertiary/aromatic N) is 5. The zero-order chi connectivity index (χ0) is 19.7. The molecule has 1 aliphatic carbocycles. The van der Waals surface area contributed by atoms with Crippen molar-refractivity contribution in [3.05, 3.63) is 54.1 Å². The van der Waals surface area contributed by atoms with Gasteiger partial charge in [-0.1, -0.05) is 24.3 Å². The van der Waals surface area contributed by atoms with Crippen LogP contribution < -0.4 is 10.2 Å². The molecule has 3 aromatic rings. The Kier molecular flexibility index (Phi) is 4.60. The van der Waals surface area contributed by atoms with E-state index in [9.17, 15) is 9.59 Å². The predicted molar refractivity (Wildman–Crippen MR) is 105 cm³/mol. The van der Waals surface area contributed by atoms with E-state index in [-0.39, 0.29) is 17.7 Å². The lowest BCUT2D eigenvalue weighted by Gasteiger charge is -2.20. The molecule has 1 heterocycles. The second-order valence-electron chi connectivity index (χ2n) is 6.85. The minimum atomic E-state index is -0.278. The maximum Gasteiger partial charge on any atom is 0.257 e. The molecule has 0 atom stereocenters. The van der Waals surface area contributed by atoms with Crippen LogP contribution >= 0.6 is 0 Å². The molecule has 1 fully saturated rings. The summed E-state index contributed by atoms with van der Waals surface area (Å²) in [7, 11) is 3.47. The van der Waals surface area contributed by atoms with E-state index < -0.39 is 0 Å². The van der Waals surface area contributed by atoms with Gasteiger partial charge < -0.3 is 10.2 Å². The van der Waals surface area contributed by atoms with Gasteiger partial charge in [-0.15, -0.1) is 5.10 Å². The fourth-order valence-corrected chi connectivity index (χ4v) is 3.09. The SMILES string of the molecule is CN(C(=O)C1CC1)c1ccccc1C(=O)Nc1cccc(-c2nnnn2C)c1. The van der Waals surface area contributed by atoms with Crippen LogP contribution in [-0.4, -0.2) is 39.1 Å². The lowest BCUT2D eigenvalue weighted by atomic mass is 10.1. The molecule has 8 nitrogen and oxygen atoms in total. The molecule has 0 saturated heterocycles. The summed E-state index contributed by atoms with van der Waals surface area (Å²) in [4.78, 5) is 26.9. The van der Waals surface area contributed by atoms with E-state index in [1.165, 1.54) is 0 Å². The summed E-state index contributed by atoms with van der Waals surface area (Å²) in [5.74, 6) is 0.459. The molecule has 1 aliphatic rings. The van der Waals surface area contributed by atoms with E-state index in [4.69, 9.17) is 0 Å². The van der Waals surface area contributed by atoms with Gasteiger partial charge in [0.25, 0.3) is 5.91 Å². The monoisotopic (exact) mass is 376 g/mol. The van der Waals surface area contributed by atoms with E-state index in [0.717, 1.165) is 18.4 Å². The number of tetrazole rings is 1. The number of carbonyl (C=O) groups excluding carboxylic acids is 2. The first-order valence-corrected chi connectivity index (χ1v) is 9.05. The number of aromatic nitrogens is 4. The molecule has 142 valence electrons. The van der Waals surface area contributed by atoms with Gasteiger partial charge in [0, 0.05) is 31.3 Å². The standard InChI is InChI=1S/C20H20N6O2/c1-25(20(28)13-10-11-13)17-9-4-3-8-16(17)19(27)21-15-7-5-6-14(12-15)18-22-23-24-26(18)2/h3-9,12-13H,10-11H2,1-2H3,(H,21,27). The van der Waals surface area contributed by atoms with Gasteiger partial charge in [-0.3, -0.25) is 9.59 Å². The second kappa shape index (κ2) is 7.22. The lowest BCUT2D eigenvalue weighted by Crippen LogP contribution is -2.29. The molecule has 28 heavy (non-hydrogen) atoms. The van der Waals surface area contributed by atoms with Crippen molar-refractivity contribution in [3.63, 3.8) is 0 Å². The van der Waals surface area contributed by atoms with Crippen molar-refractivity contribution in [2.24, 2.45) is 13.0 Å². The topological polar surface area (TPSA) is 93.0 Å². The number of carbonyl (C=O) groups is 2. The number of nitrogens with one attached hydrogen (secondary N) is 1. The van der Waals surface area contributed by atoms with E-state index >= 15 is 0 Å².